The van der Waals surface area contributed by atoms with Crippen LogP contribution in [0.3, 0.4) is 0 Å². The molecule has 0 unspecified atom stereocenters. The molecule has 0 aromatic heterocycles. The number of likely N-dealkylation sites (tertiary alicyclic amines) is 1. The zero-order chi connectivity index (χ0) is 20.9. The zero-order valence-electron chi connectivity index (χ0n) is 17.1. The van der Waals surface area contributed by atoms with E-state index in [2.05, 4.69) is 0 Å². The van der Waals surface area contributed by atoms with Crippen LogP contribution in [-0.2, 0) is 24.3 Å². The number of carbonyl (C=O) groups is 1. The highest BCUT2D eigenvalue weighted by molar-refractivity contribution is 7.89. The first-order valence-corrected chi connectivity index (χ1v) is 11.7. The van der Waals surface area contributed by atoms with E-state index in [-0.39, 0.29) is 23.1 Å². The molecule has 7 nitrogen and oxygen atoms in total. The average molecular weight is 423 g/mol. The summed E-state index contributed by atoms with van der Waals surface area (Å²) < 4.78 is 37.8. The summed E-state index contributed by atoms with van der Waals surface area (Å²) in [7, 11) is -3.48. The molecule has 8 heteroatoms. The molecule has 1 atom stereocenters. The summed E-state index contributed by atoms with van der Waals surface area (Å²) in [6, 6.07) is 6.56. The maximum atomic E-state index is 12.8. The smallest absolute Gasteiger partial charge is 0.246 e. The summed E-state index contributed by atoms with van der Waals surface area (Å²) in [5.41, 5.74) is 0.777. The van der Waals surface area contributed by atoms with Crippen LogP contribution in [0.5, 0.6) is 0 Å². The van der Waals surface area contributed by atoms with Crippen molar-refractivity contribution in [1.82, 2.24) is 9.21 Å². The van der Waals surface area contributed by atoms with Crippen LogP contribution in [0.1, 0.15) is 38.7 Å². The van der Waals surface area contributed by atoms with Gasteiger partial charge in [0.05, 0.1) is 24.2 Å². The van der Waals surface area contributed by atoms with Crippen LogP contribution in [0.15, 0.2) is 35.2 Å². The number of piperidine rings is 1. The van der Waals surface area contributed by atoms with Gasteiger partial charge in [-0.3, -0.25) is 4.79 Å². The van der Waals surface area contributed by atoms with Gasteiger partial charge in [-0.1, -0.05) is 26.0 Å². The third kappa shape index (κ3) is 5.06. The molecule has 2 saturated heterocycles. The number of hydrogen-bond donors (Lipinski definition) is 0. The van der Waals surface area contributed by atoms with E-state index in [1.165, 1.54) is 4.31 Å². The molecule has 3 rings (SSSR count). The molecule has 160 valence electrons. The summed E-state index contributed by atoms with van der Waals surface area (Å²) in [5.74, 6) is -0.0753. The van der Waals surface area contributed by atoms with E-state index < -0.39 is 10.0 Å². The largest absolute Gasteiger partial charge is 0.348 e. The van der Waals surface area contributed by atoms with Crippen LogP contribution in [0, 0.1) is 0 Å². The highest BCUT2D eigenvalue weighted by Gasteiger charge is 2.35. The van der Waals surface area contributed by atoms with E-state index in [1.54, 1.807) is 36.4 Å². The van der Waals surface area contributed by atoms with Gasteiger partial charge in [0.1, 0.15) is 0 Å². The number of ether oxygens (including phenoxy) is 2. The molecule has 2 fully saturated rings. The van der Waals surface area contributed by atoms with Gasteiger partial charge < -0.3 is 14.4 Å². The number of amides is 1. The monoisotopic (exact) mass is 422 g/mol. The SMILES string of the molecule is CCN(CC)S(=O)(=O)c1ccc(/C=C\C(=O)N2CCCC[C@@H]2C2OCCO2)cc1. The molecule has 2 aliphatic rings. The summed E-state index contributed by atoms with van der Waals surface area (Å²) in [4.78, 5) is 14.8. The Balaban J connectivity index is 1.68. The third-order valence-corrected chi connectivity index (χ3v) is 7.50. The van der Waals surface area contributed by atoms with Crippen molar-refractivity contribution < 1.29 is 22.7 Å². The highest BCUT2D eigenvalue weighted by atomic mass is 32.2. The van der Waals surface area contributed by atoms with E-state index in [0.717, 1.165) is 24.8 Å². The Hall–Kier alpha value is -1.74. The van der Waals surface area contributed by atoms with Gasteiger partial charge in [0.15, 0.2) is 6.29 Å². The van der Waals surface area contributed by atoms with Crippen molar-refractivity contribution >= 4 is 22.0 Å². The van der Waals surface area contributed by atoms with Gasteiger partial charge in [-0.15, -0.1) is 0 Å². The van der Waals surface area contributed by atoms with Crippen LogP contribution in [-0.4, -0.2) is 68.7 Å². The second-order valence-corrected chi connectivity index (χ2v) is 9.13. The highest BCUT2D eigenvalue weighted by Crippen LogP contribution is 2.25. The molecule has 1 amide bonds. The lowest BCUT2D eigenvalue weighted by molar-refractivity contribution is -0.145. The molecule has 0 N–H and O–H groups in total. The molecular formula is C21H30N2O5S. The minimum absolute atomic E-state index is 0.0509. The van der Waals surface area contributed by atoms with Gasteiger partial charge in [0.2, 0.25) is 15.9 Å². The quantitative estimate of drug-likeness (QED) is 0.631. The van der Waals surface area contributed by atoms with E-state index in [4.69, 9.17) is 9.47 Å². The van der Waals surface area contributed by atoms with Crippen LogP contribution >= 0.6 is 0 Å². The molecule has 0 aliphatic carbocycles. The Morgan fingerprint density at radius 2 is 1.79 bits per heavy atom. The standard InChI is InChI=1S/C21H30N2O5S/c1-3-22(4-2)29(25,26)18-11-8-17(9-12-18)10-13-20(24)23-14-6-5-7-19(23)21-27-15-16-28-21/h8-13,19,21H,3-7,14-16H2,1-2H3/b13-10-/t19-/m1/s1. The van der Waals surface area contributed by atoms with Gasteiger partial charge in [0.25, 0.3) is 0 Å². The normalized spacial score (nSPS) is 21.3. The van der Waals surface area contributed by atoms with E-state index in [9.17, 15) is 13.2 Å². The first-order valence-electron chi connectivity index (χ1n) is 10.3. The zero-order valence-corrected chi connectivity index (χ0v) is 17.9. The average Bonchev–Trinajstić information content (AvgIpc) is 3.28. The molecule has 2 aliphatic heterocycles. The minimum Gasteiger partial charge on any atom is -0.348 e. The predicted molar refractivity (Wildman–Crippen MR) is 111 cm³/mol. The molecule has 29 heavy (non-hydrogen) atoms. The maximum absolute atomic E-state index is 12.8. The summed E-state index contributed by atoms with van der Waals surface area (Å²) in [5, 5.41) is 0. The van der Waals surface area contributed by atoms with Crippen LogP contribution in [0.25, 0.3) is 6.08 Å². The molecule has 1 aromatic rings. The molecule has 1 aromatic carbocycles. The number of carbonyl (C=O) groups excluding carboxylic acids is 1. The Morgan fingerprint density at radius 1 is 1.14 bits per heavy atom. The molecule has 0 radical (unpaired) electrons. The van der Waals surface area contributed by atoms with E-state index in [1.807, 2.05) is 18.7 Å². The fraction of sp³-hybridized carbons (Fsp3) is 0.571. The number of nitrogens with zero attached hydrogens (tertiary/aromatic N) is 2. The fourth-order valence-electron chi connectivity index (χ4n) is 3.84. The number of rotatable bonds is 7. The van der Waals surface area contributed by atoms with Crippen molar-refractivity contribution in [3.8, 4) is 0 Å². The lowest BCUT2D eigenvalue weighted by atomic mass is 10.0. The summed E-state index contributed by atoms with van der Waals surface area (Å²) in [6.45, 7) is 6.33. The minimum atomic E-state index is -3.48. The van der Waals surface area contributed by atoms with Gasteiger partial charge in [0, 0.05) is 25.7 Å². The van der Waals surface area contributed by atoms with Crippen molar-refractivity contribution in [2.24, 2.45) is 0 Å². The Labute approximate surface area is 173 Å². The predicted octanol–water partition coefficient (Wildman–Crippen LogP) is 2.48. The van der Waals surface area contributed by atoms with Crippen molar-refractivity contribution in [3.63, 3.8) is 0 Å². The second kappa shape index (κ2) is 9.84. The van der Waals surface area contributed by atoms with Crippen molar-refractivity contribution in [1.29, 1.82) is 0 Å². The van der Waals surface area contributed by atoms with Crippen molar-refractivity contribution in [2.75, 3.05) is 32.8 Å². The summed E-state index contributed by atoms with van der Waals surface area (Å²) in [6.07, 6.45) is 5.84. The first-order chi connectivity index (χ1) is 14.0. The molecular weight excluding hydrogens is 392 g/mol. The fourth-order valence-corrected chi connectivity index (χ4v) is 5.30. The lowest BCUT2D eigenvalue weighted by Crippen LogP contribution is -2.49. The maximum Gasteiger partial charge on any atom is 0.246 e. The first kappa shape index (κ1) is 22.0. The van der Waals surface area contributed by atoms with E-state index in [0.29, 0.717) is 32.8 Å². The van der Waals surface area contributed by atoms with Gasteiger partial charge in [-0.05, 0) is 43.0 Å². The molecule has 0 bridgehead atoms. The lowest BCUT2D eigenvalue weighted by Gasteiger charge is -2.37. The molecule has 2 heterocycles. The molecule has 0 saturated carbocycles. The third-order valence-electron chi connectivity index (χ3n) is 5.44. The second-order valence-electron chi connectivity index (χ2n) is 7.20. The van der Waals surface area contributed by atoms with Gasteiger partial charge in [-0.25, -0.2) is 8.42 Å². The van der Waals surface area contributed by atoms with Crippen molar-refractivity contribution in [2.45, 2.75) is 50.3 Å². The Morgan fingerprint density at radius 3 is 2.41 bits per heavy atom. The van der Waals surface area contributed by atoms with Gasteiger partial charge in [-0.2, -0.15) is 4.31 Å². The van der Waals surface area contributed by atoms with Crippen LogP contribution < -0.4 is 0 Å². The number of hydrogen-bond acceptors (Lipinski definition) is 5. The van der Waals surface area contributed by atoms with Crippen LogP contribution in [0.2, 0.25) is 0 Å². The number of sulfonamides is 1. The topological polar surface area (TPSA) is 76.2 Å². The van der Waals surface area contributed by atoms with Crippen molar-refractivity contribution in [3.05, 3.63) is 35.9 Å². The summed E-state index contributed by atoms with van der Waals surface area (Å²) >= 11 is 0. The Kier molecular flexibility index (Phi) is 7.45. The molecule has 0 spiro atoms. The van der Waals surface area contributed by atoms with Crippen LogP contribution in [0.4, 0.5) is 0 Å². The van der Waals surface area contributed by atoms with Gasteiger partial charge >= 0.3 is 0 Å². The number of benzene rings is 1. The Bertz CT molecular complexity index is 812. The van der Waals surface area contributed by atoms with E-state index >= 15 is 0 Å².